The van der Waals surface area contributed by atoms with Crippen molar-refractivity contribution in [3.05, 3.63) is 84.5 Å². The van der Waals surface area contributed by atoms with E-state index in [0.717, 1.165) is 0 Å². The molecule has 0 fully saturated rings. The molecule has 1 heterocycles. The second-order valence-corrected chi connectivity index (χ2v) is 8.88. The monoisotopic (exact) mass is 276 g/mol. The summed E-state index contributed by atoms with van der Waals surface area (Å²) in [5.41, 5.74) is 2.00. The molecule has 0 saturated carbocycles. The fourth-order valence-corrected chi connectivity index (χ4v) is 7.49. The Labute approximate surface area is 120 Å². The van der Waals surface area contributed by atoms with E-state index in [1.807, 2.05) is 0 Å². The van der Waals surface area contributed by atoms with E-state index < -0.39 is 6.89 Å². The van der Waals surface area contributed by atoms with Crippen LogP contribution in [0.5, 0.6) is 0 Å². The van der Waals surface area contributed by atoms with Crippen LogP contribution in [0.2, 0.25) is 0 Å². The van der Waals surface area contributed by atoms with Crippen molar-refractivity contribution >= 4 is 23.8 Å². The molecule has 0 aromatic heterocycles. The van der Waals surface area contributed by atoms with Crippen LogP contribution >= 0.6 is 6.89 Å². The molecular formula is C19H17P. The van der Waals surface area contributed by atoms with E-state index in [4.69, 9.17) is 6.30 Å². The predicted octanol–water partition coefficient (Wildman–Crippen LogP) is 3.68. The molecule has 2 aromatic rings. The highest BCUT2D eigenvalue weighted by molar-refractivity contribution is 7.88. The normalized spacial score (nSPS) is 30.0. The van der Waals surface area contributed by atoms with Crippen molar-refractivity contribution in [2.24, 2.45) is 0 Å². The third-order valence-corrected chi connectivity index (χ3v) is 8.56. The van der Waals surface area contributed by atoms with Gasteiger partial charge in [-0.3, -0.25) is 0 Å². The van der Waals surface area contributed by atoms with E-state index in [-0.39, 0.29) is 0 Å². The van der Waals surface area contributed by atoms with Crippen LogP contribution in [0.25, 0.3) is 0 Å². The van der Waals surface area contributed by atoms with Gasteiger partial charge >= 0.3 is 0 Å². The lowest BCUT2D eigenvalue weighted by molar-refractivity contribution is 0.888. The summed E-state index contributed by atoms with van der Waals surface area (Å²) in [6.07, 6.45) is 13.9. The summed E-state index contributed by atoms with van der Waals surface area (Å²) in [6, 6.07) is 19.8. The lowest BCUT2D eigenvalue weighted by Crippen LogP contribution is -2.20. The number of hydrogen-bond acceptors (Lipinski definition) is 0. The van der Waals surface area contributed by atoms with Gasteiger partial charge in [-0.15, -0.1) is 0 Å². The third-order valence-electron chi connectivity index (χ3n) is 4.56. The summed E-state index contributed by atoms with van der Waals surface area (Å²) in [7, 11) is 0. The lowest BCUT2D eigenvalue weighted by atomic mass is 9.93. The zero-order valence-corrected chi connectivity index (χ0v) is 12.2. The molecule has 98 valence electrons. The van der Waals surface area contributed by atoms with Gasteiger partial charge in [0.1, 0.15) is 0 Å². The molecule has 1 aliphatic carbocycles. The molecule has 2 aromatic carbocycles. The Hall–Kier alpha value is -1.78. The zero-order valence-electron chi connectivity index (χ0n) is 11.3. The van der Waals surface area contributed by atoms with Crippen LogP contribution in [0.4, 0.5) is 0 Å². The Morgan fingerprint density at radius 3 is 2.35 bits per heavy atom. The zero-order chi connectivity index (χ0) is 13.6. The van der Waals surface area contributed by atoms with Crippen molar-refractivity contribution in [2.45, 2.75) is 11.6 Å². The van der Waals surface area contributed by atoms with E-state index in [1.54, 1.807) is 0 Å². The number of fused-ring (bicyclic) bond motifs is 3. The SMILES string of the molecule is C=P1(c2ccccc2)c2ccccc2C2C=CC=CC21. The highest BCUT2D eigenvalue weighted by Crippen LogP contribution is 2.60. The number of hydrogen-bond donors (Lipinski definition) is 0. The van der Waals surface area contributed by atoms with E-state index in [1.165, 1.54) is 16.2 Å². The highest BCUT2D eigenvalue weighted by Gasteiger charge is 2.42. The number of allylic oxidation sites excluding steroid dienone is 4. The van der Waals surface area contributed by atoms with Gasteiger partial charge < -0.3 is 0 Å². The van der Waals surface area contributed by atoms with Gasteiger partial charge in [0.05, 0.1) is 0 Å². The summed E-state index contributed by atoms with van der Waals surface area (Å²) in [5.74, 6) is 0.502. The summed E-state index contributed by atoms with van der Waals surface area (Å²) in [5, 5.41) is 2.90. The standard InChI is InChI=1S/C19H17P/c1-20(15-9-3-2-4-10-15)18-13-7-5-11-16(18)17-12-6-8-14-19(17)20/h2-14,16,18H,1H2. The van der Waals surface area contributed by atoms with Crippen molar-refractivity contribution in [1.29, 1.82) is 0 Å². The van der Waals surface area contributed by atoms with E-state index in [2.05, 4.69) is 78.9 Å². The molecule has 2 aliphatic rings. The van der Waals surface area contributed by atoms with Crippen molar-refractivity contribution in [1.82, 2.24) is 0 Å². The quantitative estimate of drug-likeness (QED) is 0.697. The molecule has 0 N–H and O–H groups in total. The molecule has 0 radical (unpaired) electrons. The van der Waals surface area contributed by atoms with Crippen molar-refractivity contribution < 1.29 is 0 Å². The van der Waals surface area contributed by atoms with Gasteiger partial charge in [-0.05, 0) is 23.1 Å². The molecule has 1 heteroatoms. The maximum atomic E-state index is 4.79. The van der Waals surface area contributed by atoms with E-state index in [0.29, 0.717) is 11.6 Å². The fraction of sp³-hybridized carbons (Fsp3) is 0.105. The van der Waals surface area contributed by atoms with Crippen LogP contribution in [0.1, 0.15) is 11.5 Å². The van der Waals surface area contributed by atoms with Crippen LogP contribution in [0, 0.1) is 0 Å². The maximum absolute atomic E-state index is 4.79. The average Bonchev–Trinajstić information content (AvgIpc) is 2.80. The molecule has 3 atom stereocenters. The maximum Gasteiger partial charge on any atom is 0.0146 e. The second kappa shape index (κ2) is 4.36. The third kappa shape index (κ3) is 1.49. The molecule has 20 heavy (non-hydrogen) atoms. The van der Waals surface area contributed by atoms with Crippen molar-refractivity contribution in [3.8, 4) is 0 Å². The predicted molar refractivity (Wildman–Crippen MR) is 91.0 cm³/mol. The smallest absolute Gasteiger partial charge is 0.0146 e. The summed E-state index contributed by atoms with van der Waals surface area (Å²) in [6.45, 7) is -1.58. The first-order chi connectivity index (χ1) is 9.82. The molecule has 0 amide bonds. The first kappa shape index (κ1) is 12.0. The number of benzene rings is 2. The van der Waals surface area contributed by atoms with E-state index >= 15 is 0 Å². The molecule has 0 spiro atoms. The van der Waals surface area contributed by atoms with Gasteiger partial charge in [-0.25, -0.2) is 0 Å². The average molecular weight is 276 g/mol. The Kier molecular flexibility index (Phi) is 2.62. The Morgan fingerprint density at radius 2 is 1.50 bits per heavy atom. The van der Waals surface area contributed by atoms with Crippen LogP contribution in [-0.2, 0) is 0 Å². The van der Waals surface area contributed by atoms with Gasteiger partial charge in [0.25, 0.3) is 0 Å². The van der Waals surface area contributed by atoms with Gasteiger partial charge in [-0.2, -0.15) is 0 Å². The Balaban J connectivity index is 2.02. The molecule has 3 unspecified atom stereocenters. The summed E-state index contributed by atoms with van der Waals surface area (Å²) in [4.78, 5) is 0. The topological polar surface area (TPSA) is 0 Å². The van der Waals surface area contributed by atoms with Crippen LogP contribution in [0.3, 0.4) is 0 Å². The Morgan fingerprint density at radius 1 is 0.800 bits per heavy atom. The minimum absolute atomic E-state index is 0.502. The van der Waals surface area contributed by atoms with Crippen LogP contribution in [0.15, 0.2) is 78.9 Å². The minimum Gasteiger partial charge on any atom is -0.0921 e. The molecular weight excluding hydrogens is 259 g/mol. The first-order valence-electron chi connectivity index (χ1n) is 7.05. The van der Waals surface area contributed by atoms with Gasteiger partial charge in [0.2, 0.25) is 0 Å². The molecule has 0 bridgehead atoms. The molecule has 0 saturated heterocycles. The van der Waals surface area contributed by atoms with Crippen LogP contribution in [-0.4, -0.2) is 12.0 Å². The van der Waals surface area contributed by atoms with Crippen LogP contribution < -0.4 is 10.6 Å². The van der Waals surface area contributed by atoms with Crippen molar-refractivity contribution in [3.63, 3.8) is 0 Å². The second-order valence-electron chi connectivity index (χ2n) is 5.55. The molecule has 1 aliphatic heterocycles. The summed E-state index contributed by atoms with van der Waals surface area (Å²) >= 11 is 0. The summed E-state index contributed by atoms with van der Waals surface area (Å²) < 4.78 is 0. The lowest BCUT2D eigenvalue weighted by Gasteiger charge is -2.29. The largest absolute Gasteiger partial charge is 0.0921 e. The highest BCUT2D eigenvalue weighted by atomic mass is 31.2. The van der Waals surface area contributed by atoms with Gasteiger partial charge in [0, 0.05) is 11.6 Å². The Bertz CT molecular complexity index is 752. The first-order valence-corrected chi connectivity index (χ1v) is 9.09. The fourth-order valence-electron chi connectivity index (χ4n) is 3.60. The molecule has 4 rings (SSSR count). The number of rotatable bonds is 1. The van der Waals surface area contributed by atoms with Crippen molar-refractivity contribution in [2.75, 3.05) is 0 Å². The minimum atomic E-state index is -1.58. The van der Waals surface area contributed by atoms with E-state index in [9.17, 15) is 0 Å². The van der Waals surface area contributed by atoms with Gasteiger partial charge in [0.15, 0.2) is 0 Å². The van der Waals surface area contributed by atoms with Gasteiger partial charge in [-0.1, -0.05) is 85.2 Å². The molecule has 0 nitrogen and oxygen atoms in total.